The molecule has 0 N–H and O–H groups in total. The van der Waals surface area contributed by atoms with Crippen LogP contribution in [0.15, 0.2) is 65.8 Å². The quantitative estimate of drug-likeness (QED) is 0.377. The van der Waals surface area contributed by atoms with Crippen LogP contribution in [0.1, 0.15) is 11.1 Å². The molecule has 0 aromatic heterocycles. The molecule has 2 aromatic rings. The lowest BCUT2D eigenvalue weighted by Crippen LogP contribution is -2.06. The lowest BCUT2D eigenvalue weighted by molar-refractivity contribution is -0.129. The fourth-order valence-corrected chi connectivity index (χ4v) is 2.51. The molecule has 1 aliphatic rings. The molecular weight excluding hydrogens is 384 g/mol. The molecule has 0 atom stereocenters. The van der Waals surface area contributed by atoms with Crippen molar-refractivity contribution < 1.29 is 32.5 Å². The molecule has 8 heteroatoms. The maximum absolute atomic E-state index is 12.2. The number of carbonyl (C=O) groups is 1. The SMILES string of the molecule is C=CCOc1ccc(/C=C2\N=C(c3ccc(OC(F)F)cc3)OC2=O)cc1OC. The Kier molecular flexibility index (Phi) is 6.23. The first kappa shape index (κ1) is 20.1. The second-order valence-corrected chi connectivity index (χ2v) is 5.75. The van der Waals surface area contributed by atoms with E-state index in [9.17, 15) is 13.6 Å². The number of methoxy groups -OCH3 is 1. The summed E-state index contributed by atoms with van der Waals surface area (Å²) in [6.07, 6.45) is 3.16. The first-order chi connectivity index (χ1) is 14.0. The van der Waals surface area contributed by atoms with E-state index in [2.05, 4.69) is 16.3 Å². The Bertz CT molecular complexity index is 968. The van der Waals surface area contributed by atoms with Crippen molar-refractivity contribution >= 4 is 17.9 Å². The van der Waals surface area contributed by atoms with E-state index < -0.39 is 12.6 Å². The Hall–Kier alpha value is -3.68. The molecular formula is C21H17F2NO5. The van der Waals surface area contributed by atoms with Crippen molar-refractivity contribution in [3.63, 3.8) is 0 Å². The maximum atomic E-state index is 12.2. The van der Waals surface area contributed by atoms with Crippen LogP contribution in [0.25, 0.3) is 6.08 Å². The Morgan fingerprint density at radius 1 is 1.17 bits per heavy atom. The Labute approximate surface area is 165 Å². The van der Waals surface area contributed by atoms with Crippen molar-refractivity contribution in [3.8, 4) is 17.2 Å². The largest absolute Gasteiger partial charge is 0.493 e. The first-order valence-electron chi connectivity index (χ1n) is 8.49. The van der Waals surface area contributed by atoms with Crippen LogP contribution in [0.3, 0.4) is 0 Å². The van der Waals surface area contributed by atoms with Crippen molar-refractivity contribution in [1.82, 2.24) is 0 Å². The van der Waals surface area contributed by atoms with Crippen molar-refractivity contribution in [2.24, 2.45) is 4.99 Å². The Morgan fingerprint density at radius 3 is 2.59 bits per heavy atom. The van der Waals surface area contributed by atoms with Gasteiger partial charge in [-0.2, -0.15) is 8.78 Å². The Balaban J connectivity index is 1.82. The molecule has 0 bridgehead atoms. The predicted octanol–water partition coefficient (Wildman–Crippen LogP) is 4.21. The zero-order valence-electron chi connectivity index (χ0n) is 15.4. The van der Waals surface area contributed by atoms with Crippen molar-refractivity contribution in [1.29, 1.82) is 0 Å². The molecule has 29 heavy (non-hydrogen) atoms. The number of rotatable bonds is 8. The van der Waals surface area contributed by atoms with E-state index in [1.165, 1.54) is 31.4 Å². The number of hydrogen-bond acceptors (Lipinski definition) is 6. The summed E-state index contributed by atoms with van der Waals surface area (Å²) in [4.78, 5) is 16.3. The van der Waals surface area contributed by atoms with Gasteiger partial charge in [-0.25, -0.2) is 9.79 Å². The molecule has 1 aliphatic heterocycles. The van der Waals surface area contributed by atoms with Crippen LogP contribution in [0.4, 0.5) is 8.78 Å². The summed E-state index contributed by atoms with van der Waals surface area (Å²) >= 11 is 0. The average molecular weight is 401 g/mol. The third kappa shape index (κ3) is 4.98. The molecule has 150 valence electrons. The van der Waals surface area contributed by atoms with Gasteiger partial charge in [0.1, 0.15) is 12.4 Å². The molecule has 0 aliphatic carbocycles. The number of benzene rings is 2. The van der Waals surface area contributed by atoms with Crippen LogP contribution in [0.2, 0.25) is 0 Å². The minimum Gasteiger partial charge on any atom is -0.493 e. The highest BCUT2D eigenvalue weighted by atomic mass is 19.3. The molecule has 0 radical (unpaired) electrons. The van der Waals surface area contributed by atoms with E-state index in [1.807, 2.05) is 0 Å². The zero-order chi connectivity index (χ0) is 20.8. The van der Waals surface area contributed by atoms with Gasteiger partial charge in [0, 0.05) is 5.56 Å². The van der Waals surface area contributed by atoms with E-state index in [4.69, 9.17) is 14.2 Å². The van der Waals surface area contributed by atoms with Gasteiger partial charge in [0.25, 0.3) is 0 Å². The molecule has 6 nitrogen and oxygen atoms in total. The van der Waals surface area contributed by atoms with E-state index in [0.29, 0.717) is 29.2 Å². The smallest absolute Gasteiger partial charge is 0.387 e. The van der Waals surface area contributed by atoms with Crippen molar-refractivity contribution in [2.75, 3.05) is 13.7 Å². The number of hydrogen-bond donors (Lipinski definition) is 0. The third-order valence-corrected chi connectivity index (χ3v) is 3.79. The fraction of sp³-hybridized carbons (Fsp3) is 0.143. The molecule has 0 amide bonds. The summed E-state index contributed by atoms with van der Waals surface area (Å²) < 4.78 is 44.7. The zero-order valence-corrected chi connectivity index (χ0v) is 15.4. The van der Waals surface area contributed by atoms with Crippen LogP contribution in [-0.4, -0.2) is 32.2 Å². The topological polar surface area (TPSA) is 66.3 Å². The fourth-order valence-electron chi connectivity index (χ4n) is 2.51. The minimum atomic E-state index is -2.91. The molecule has 0 fully saturated rings. The monoisotopic (exact) mass is 401 g/mol. The van der Waals surface area contributed by atoms with Gasteiger partial charge in [0.15, 0.2) is 17.2 Å². The Morgan fingerprint density at radius 2 is 1.93 bits per heavy atom. The number of esters is 1. The highest BCUT2D eigenvalue weighted by Crippen LogP contribution is 2.30. The van der Waals surface area contributed by atoms with E-state index in [-0.39, 0.29) is 17.3 Å². The summed E-state index contributed by atoms with van der Waals surface area (Å²) in [5.41, 5.74) is 1.20. The van der Waals surface area contributed by atoms with Crippen LogP contribution in [0, 0.1) is 0 Å². The predicted molar refractivity (Wildman–Crippen MR) is 102 cm³/mol. The molecule has 3 rings (SSSR count). The summed E-state index contributed by atoms with van der Waals surface area (Å²) in [5, 5.41) is 0. The van der Waals surface area contributed by atoms with Gasteiger partial charge in [0.05, 0.1) is 7.11 Å². The maximum Gasteiger partial charge on any atom is 0.387 e. The number of cyclic esters (lactones) is 1. The highest BCUT2D eigenvalue weighted by Gasteiger charge is 2.24. The molecule has 0 saturated heterocycles. The average Bonchev–Trinajstić information content (AvgIpc) is 3.07. The van der Waals surface area contributed by atoms with Gasteiger partial charge < -0.3 is 18.9 Å². The standard InChI is InChI=1S/C21H17F2NO5/c1-3-10-27-17-9-4-13(12-18(17)26-2)11-16-20(25)29-19(24-16)14-5-7-15(8-6-14)28-21(22)23/h3-9,11-12,21H,1,10H2,2H3/b16-11-. The van der Waals surface area contributed by atoms with Gasteiger partial charge in [-0.3, -0.25) is 0 Å². The number of nitrogens with zero attached hydrogens (tertiary/aromatic N) is 1. The second kappa shape index (κ2) is 9.01. The van der Waals surface area contributed by atoms with Gasteiger partial charge in [-0.1, -0.05) is 18.7 Å². The van der Waals surface area contributed by atoms with Crippen LogP contribution in [-0.2, 0) is 9.53 Å². The lowest BCUT2D eigenvalue weighted by atomic mass is 10.1. The first-order valence-corrected chi connectivity index (χ1v) is 8.49. The molecule has 0 spiro atoms. The summed E-state index contributed by atoms with van der Waals surface area (Å²) in [6, 6.07) is 10.8. The van der Waals surface area contributed by atoms with Gasteiger partial charge >= 0.3 is 12.6 Å². The number of ether oxygens (including phenoxy) is 4. The summed E-state index contributed by atoms with van der Waals surface area (Å²) in [5.74, 6) is 0.474. The van der Waals surface area contributed by atoms with Crippen LogP contribution < -0.4 is 14.2 Å². The van der Waals surface area contributed by atoms with Gasteiger partial charge in [0.2, 0.25) is 5.90 Å². The van der Waals surface area contributed by atoms with E-state index >= 15 is 0 Å². The molecule has 1 heterocycles. The van der Waals surface area contributed by atoms with Crippen molar-refractivity contribution in [3.05, 3.63) is 71.9 Å². The summed E-state index contributed by atoms with van der Waals surface area (Å²) in [6.45, 7) is 1.01. The number of aliphatic imine (C=N–C) groups is 1. The number of alkyl halides is 2. The normalized spacial score (nSPS) is 14.6. The number of halogens is 2. The molecule has 0 saturated carbocycles. The summed E-state index contributed by atoms with van der Waals surface area (Å²) in [7, 11) is 1.51. The van der Waals surface area contributed by atoms with Crippen molar-refractivity contribution in [2.45, 2.75) is 6.61 Å². The minimum absolute atomic E-state index is 0.00435. The number of carbonyl (C=O) groups excluding carboxylic acids is 1. The lowest BCUT2D eigenvalue weighted by Gasteiger charge is -2.09. The van der Waals surface area contributed by atoms with E-state index in [0.717, 1.165) is 0 Å². The molecule has 2 aromatic carbocycles. The second-order valence-electron chi connectivity index (χ2n) is 5.75. The highest BCUT2D eigenvalue weighted by molar-refractivity contribution is 6.12. The van der Waals surface area contributed by atoms with Crippen LogP contribution in [0.5, 0.6) is 17.2 Å². The third-order valence-electron chi connectivity index (χ3n) is 3.79. The van der Waals surface area contributed by atoms with Gasteiger partial charge in [-0.05, 0) is 48.0 Å². The molecule has 0 unspecified atom stereocenters. The van der Waals surface area contributed by atoms with E-state index in [1.54, 1.807) is 30.4 Å². The van der Waals surface area contributed by atoms with Crippen LogP contribution >= 0.6 is 0 Å². The van der Waals surface area contributed by atoms with Gasteiger partial charge in [-0.15, -0.1) is 0 Å².